The zero-order valence-electron chi connectivity index (χ0n) is 13.0. The molecule has 0 aliphatic rings. The number of amides is 2. The van der Waals surface area contributed by atoms with Crippen molar-refractivity contribution in [3.05, 3.63) is 11.3 Å². The molecule has 0 N–H and O–H groups in total. The maximum absolute atomic E-state index is 12.3. The topological polar surface area (TPSA) is 113 Å². The molecule has 0 spiro atoms. The molecule has 2 amide bonds. The number of sulfone groups is 1. The third kappa shape index (κ3) is 3.62. The Morgan fingerprint density at radius 3 is 2.43 bits per heavy atom. The number of thiazole rings is 1. The molecule has 2 rings (SSSR count). The molecule has 0 aromatic carbocycles. The molecule has 2 heterocycles. The highest BCUT2D eigenvalue weighted by molar-refractivity contribution is 7.90. The lowest BCUT2D eigenvalue weighted by molar-refractivity contribution is -0.129. The molecule has 9 nitrogen and oxygen atoms in total. The molecule has 0 bridgehead atoms. The van der Waals surface area contributed by atoms with Crippen LogP contribution in [0.25, 0.3) is 10.3 Å². The fraction of sp³-hybridized carbons (Fsp3) is 0.417. The Balaban J connectivity index is 2.38. The summed E-state index contributed by atoms with van der Waals surface area (Å²) in [4.78, 5) is 38.6. The minimum atomic E-state index is -3.58. The second kappa shape index (κ2) is 6.16. The highest BCUT2D eigenvalue weighted by Crippen LogP contribution is 2.24. The summed E-state index contributed by atoms with van der Waals surface area (Å²) in [5, 5.41) is -0.163. The number of rotatable bonds is 4. The maximum atomic E-state index is 12.3. The molecule has 0 radical (unpaired) electrons. The van der Waals surface area contributed by atoms with E-state index >= 15 is 0 Å². The number of nitrogens with zero attached hydrogens (tertiary/aromatic N) is 5. The lowest BCUT2D eigenvalue weighted by Crippen LogP contribution is -2.37. The van der Waals surface area contributed by atoms with Gasteiger partial charge in [0, 0.05) is 27.4 Å². The van der Waals surface area contributed by atoms with E-state index < -0.39 is 15.7 Å². The zero-order chi connectivity index (χ0) is 17.4. The first kappa shape index (κ1) is 17.2. The van der Waals surface area contributed by atoms with E-state index in [-0.39, 0.29) is 28.0 Å². The van der Waals surface area contributed by atoms with Gasteiger partial charge in [0.15, 0.2) is 19.9 Å². The number of likely N-dealkylation sites (N-methyl/N-ethyl adjacent to an activating group) is 2. The van der Waals surface area contributed by atoms with Crippen LogP contribution in [-0.2, 0) is 14.6 Å². The lowest BCUT2D eigenvalue weighted by atomic mass is 10.4. The molecule has 0 unspecified atom stereocenters. The Labute approximate surface area is 136 Å². The quantitative estimate of drug-likeness (QED) is 0.687. The van der Waals surface area contributed by atoms with E-state index in [4.69, 9.17) is 0 Å². The van der Waals surface area contributed by atoms with Crippen LogP contribution in [0.2, 0.25) is 0 Å². The Morgan fingerprint density at radius 1 is 1.22 bits per heavy atom. The summed E-state index contributed by atoms with van der Waals surface area (Å²) < 4.78 is 23.4. The molecule has 0 aliphatic heterocycles. The Bertz CT molecular complexity index is 875. The fourth-order valence-electron chi connectivity index (χ4n) is 1.68. The highest BCUT2D eigenvalue weighted by atomic mass is 32.2. The van der Waals surface area contributed by atoms with Crippen LogP contribution in [-0.4, -0.2) is 78.9 Å². The normalized spacial score (nSPS) is 11.5. The zero-order valence-corrected chi connectivity index (χ0v) is 14.6. The average molecular weight is 357 g/mol. The summed E-state index contributed by atoms with van der Waals surface area (Å²) in [5.41, 5.74) is 0.0655. The van der Waals surface area contributed by atoms with Crippen LogP contribution in [0.15, 0.2) is 11.4 Å². The van der Waals surface area contributed by atoms with E-state index in [0.29, 0.717) is 4.83 Å². The van der Waals surface area contributed by atoms with E-state index in [2.05, 4.69) is 15.0 Å². The predicted octanol–water partition coefficient (Wildman–Crippen LogP) is -0.350. The molecule has 0 saturated heterocycles. The Morgan fingerprint density at radius 2 is 1.87 bits per heavy atom. The molecular weight excluding hydrogens is 342 g/mol. The van der Waals surface area contributed by atoms with Crippen LogP contribution in [0, 0.1) is 0 Å². The van der Waals surface area contributed by atoms with Gasteiger partial charge in [-0.1, -0.05) is 11.3 Å². The maximum Gasteiger partial charge on any atom is 0.283 e. The van der Waals surface area contributed by atoms with Crippen molar-refractivity contribution >= 4 is 43.3 Å². The third-order valence-electron chi connectivity index (χ3n) is 2.91. The van der Waals surface area contributed by atoms with Gasteiger partial charge in [-0.15, -0.1) is 0 Å². The third-order valence-corrected chi connectivity index (χ3v) is 4.87. The summed E-state index contributed by atoms with van der Waals surface area (Å²) in [6.07, 6.45) is 2.13. The second-order valence-corrected chi connectivity index (χ2v) is 7.98. The number of aromatic nitrogens is 3. The predicted molar refractivity (Wildman–Crippen MR) is 84.0 cm³/mol. The number of hydrogen-bond acceptors (Lipinski definition) is 8. The fourth-order valence-corrected chi connectivity index (χ4v) is 3.37. The summed E-state index contributed by atoms with van der Waals surface area (Å²) in [6, 6.07) is 0. The van der Waals surface area contributed by atoms with Crippen LogP contribution in [0.5, 0.6) is 0 Å². The molecule has 0 fully saturated rings. The summed E-state index contributed by atoms with van der Waals surface area (Å²) in [6.45, 7) is -0.105. The van der Waals surface area contributed by atoms with E-state index in [1.54, 1.807) is 14.1 Å². The van der Waals surface area contributed by atoms with Gasteiger partial charge < -0.3 is 9.80 Å². The first-order chi connectivity index (χ1) is 10.6. The first-order valence-corrected chi connectivity index (χ1v) is 9.09. The minimum Gasteiger partial charge on any atom is -0.347 e. The number of carbonyl (C=O) groups excluding carboxylic acids is 2. The van der Waals surface area contributed by atoms with Crippen LogP contribution < -0.4 is 0 Å². The smallest absolute Gasteiger partial charge is 0.283 e. The Kier molecular flexibility index (Phi) is 4.61. The van der Waals surface area contributed by atoms with Crippen molar-refractivity contribution in [1.29, 1.82) is 0 Å². The summed E-state index contributed by atoms with van der Waals surface area (Å²) in [7, 11) is 1.07. The van der Waals surface area contributed by atoms with Gasteiger partial charge in [-0.25, -0.2) is 23.4 Å². The van der Waals surface area contributed by atoms with Crippen molar-refractivity contribution in [2.45, 2.75) is 5.03 Å². The molecule has 11 heteroatoms. The lowest BCUT2D eigenvalue weighted by Gasteiger charge is -2.17. The van der Waals surface area contributed by atoms with Gasteiger partial charge in [0.1, 0.15) is 16.7 Å². The Hall–Kier alpha value is -2.14. The van der Waals surface area contributed by atoms with E-state index in [1.807, 2.05) is 0 Å². The van der Waals surface area contributed by atoms with Gasteiger partial charge >= 0.3 is 0 Å². The molecule has 2 aromatic heterocycles. The van der Waals surface area contributed by atoms with Crippen molar-refractivity contribution < 1.29 is 18.0 Å². The highest BCUT2D eigenvalue weighted by Gasteiger charge is 2.23. The second-order valence-electron chi connectivity index (χ2n) is 5.07. The molecular formula is C12H15N5O4S2. The van der Waals surface area contributed by atoms with Crippen LogP contribution in [0.3, 0.4) is 0 Å². The minimum absolute atomic E-state index is 0.0551. The molecule has 0 saturated carbocycles. The summed E-state index contributed by atoms with van der Waals surface area (Å²) in [5.74, 6) is -0.721. The first-order valence-electron chi connectivity index (χ1n) is 6.38. The van der Waals surface area contributed by atoms with E-state index in [9.17, 15) is 18.0 Å². The van der Waals surface area contributed by atoms with E-state index in [1.165, 1.54) is 16.8 Å². The van der Waals surface area contributed by atoms with Gasteiger partial charge in [0.25, 0.3) is 5.91 Å². The van der Waals surface area contributed by atoms with Gasteiger partial charge in [0.05, 0.1) is 6.54 Å². The van der Waals surface area contributed by atoms with E-state index in [0.717, 1.165) is 23.9 Å². The number of fused-ring (bicyclic) bond motifs is 1. The van der Waals surface area contributed by atoms with Crippen LogP contribution >= 0.6 is 11.3 Å². The van der Waals surface area contributed by atoms with Crippen molar-refractivity contribution in [1.82, 2.24) is 24.8 Å². The molecule has 0 aliphatic carbocycles. The van der Waals surface area contributed by atoms with Gasteiger partial charge in [-0.05, 0) is 0 Å². The average Bonchev–Trinajstić information content (AvgIpc) is 2.88. The largest absolute Gasteiger partial charge is 0.347 e. The molecule has 0 atom stereocenters. The van der Waals surface area contributed by atoms with Gasteiger partial charge in [0.2, 0.25) is 5.91 Å². The molecule has 2 aromatic rings. The van der Waals surface area contributed by atoms with Gasteiger partial charge in [-0.2, -0.15) is 0 Å². The molecule has 23 heavy (non-hydrogen) atoms. The van der Waals surface area contributed by atoms with Crippen LogP contribution in [0.1, 0.15) is 9.80 Å². The number of hydrogen-bond donors (Lipinski definition) is 0. The number of carbonyl (C=O) groups is 2. The molecule has 124 valence electrons. The van der Waals surface area contributed by atoms with Gasteiger partial charge in [-0.3, -0.25) is 9.59 Å². The SMILES string of the molecule is CN(C)C(=O)CN(C)C(=O)c1nc2c(S(C)(=O)=O)ncnc2s1. The van der Waals surface area contributed by atoms with Crippen molar-refractivity contribution in [2.75, 3.05) is 33.9 Å². The van der Waals surface area contributed by atoms with Crippen molar-refractivity contribution in [3.8, 4) is 0 Å². The van der Waals surface area contributed by atoms with Crippen LogP contribution in [0.4, 0.5) is 0 Å². The van der Waals surface area contributed by atoms with Crippen molar-refractivity contribution in [2.24, 2.45) is 0 Å². The van der Waals surface area contributed by atoms with Crippen molar-refractivity contribution in [3.63, 3.8) is 0 Å². The monoisotopic (exact) mass is 357 g/mol. The summed E-state index contributed by atoms with van der Waals surface area (Å²) >= 11 is 0.957. The standard InChI is InChI=1S/C12H15N5O4S2/c1-16(2)7(18)5-17(3)12(19)10-15-8-9(22-10)13-6-14-11(8)23(4,20)21/h6H,5H2,1-4H3.